The number of methoxy groups -OCH3 is 1. The number of benzene rings is 1. The summed E-state index contributed by atoms with van der Waals surface area (Å²) in [5.41, 5.74) is 2.37. The van der Waals surface area contributed by atoms with Gasteiger partial charge in [-0.05, 0) is 48.6 Å². The van der Waals surface area contributed by atoms with Crippen molar-refractivity contribution in [1.29, 1.82) is 0 Å². The number of hydrogen-bond acceptors (Lipinski definition) is 6. The van der Waals surface area contributed by atoms with Gasteiger partial charge in [-0.25, -0.2) is 0 Å². The Balaban J connectivity index is 1.80. The highest BCUT2D eigenvalue weighted by Gasteiger charge is 2.21. The number of aliphatic hydroxyl groups is 1. The SMILES string of the molecule is COc1cc(CN(Cc2sccc2C)CC(C)O)cc2c1OCO2. The highest BCUT2D eigenvalue weighted by atomic mass is 32.1. The smallest absolute Gasteiger partial charge is 0.231 e. The van der Waals surface area contributed by atoms with Crippen molar-refractivity contribution >= 4 is 11.3 Å². The van der Waals surface area contributed by atoms with Crippen LogP contribution in [0.2, 0.25) is 0 Å². The lowest BCUT2D eigenvalue weighted by Crippen LogP contribution is -2.30. The van der Waals surface area contributed by atoms with Crippen molar-refractivity contribution in [3.8, 4) is 17.2 Å². The van der Waals surface area contributed by atoms with Gasteiger partial charge in [0, 0.05) is 24.5 Å². The molecule has 1 aliphatic heterocycles. The molecule has 0 spiro atoms. The van der Waals surface area contributed by atoms with Gasteiger partial charge in [-0.15, -0.1) is 11.3 Å². The summed E-state index contributed by atoms with van der Waals surface area (Å²) < 4.78 is 16.4. The lowest BCUT2D eigenvalue weighted by atomic mass is 10.1. The number of nitrogens with zero attached hydrogens (tertiary/aromatic N) is 1. The predicted molar refractivity (Wildman–Crippen MR) is 94.0 cm³/mol. The Bertz CT molecular complexity index is 698. The minimum Gasteiger partial charge on any atom is -0.493 e. The molecular formula is C18H23NO4S. The third-order valence-electron chi connectivity index (χ3n) is 3.98. The molecule has 1 atom stereocenters. The number of rotatable bonds is 7. The lowest BCUT2D eigenvalue weighted by molar-refractivity contribution is 0.118. The molecule has 2 aromatic rings. The van der Waals surface area contributed by atoms with Gasteiger partial charge in [0.2, 0.25) is 12.5 Å². The van der Waals surface area contributed by atoms with Crippen molar-refractivity contribution < 1.29 is 19.3 Å². The Kier molecular flexibility index (Phi) is 5.28. The largest absolute Gasteiger partial charge is 0.493 e. The van der Waals surface area contributed by atoms with Crippen LogP contribution in [0.5, 0.6) is 17.2 Å². The van der Waals surface area contributed by atoms with E-state index in [-0.39, 0.29) is 12.9 Å². The normalized spacial score (nSPS) is 14.2. The molecule has 24 heavy (non-hydrogen) atoms. The molecule has 5 nitrogen and oxygen atoms in total. The number of ether oxygens (including phenoxy) is 3. The molecule has 6 heteroatoms. The summed E-state index contributed by atoms with van der Waals surface area (Å²) >= 11 is 1.75. The molecule has 0 bridgehead atoms. The maximum Gasteiger partial charge on any atom is 0.231 e. The molecule has 1 aromatic heterocycles. The number of fused-ring (bicyclic) bond motifs is 1. The van der Waals surface area contributed by atoms with Crippen LogP contribution in [0.25, 0.3) is 0 Å². The van der Waals surface area contributed by atoms with Crippen LogP contribution in [0, 0.1) is 6.92 Å². The van der Waals surface area contributed by atoms with Gasteiger partial charge in [-0.1, -0.05) is 0 Å². The van der Waals surface area contributed by atoms with E-state index in [4.69, 9.17) is 14.2 Å². The second-order valence-electron chi connectivity index (χ2n) is 6.08. The van der Waals surface area contributed by atoms with Gasteiger partial charge in [0.25, 0.3) is 0 Å². The fourth-order valence-electron chi connectivity index (χ4n) is 2.86. The van der Waals surface area contributed by atoms with Gasteiger partial charge in [0.05, 0.1) is 13.2 Å². The van der Waals surface area contributed by atoms with E-state index in [2.05, 4.69) is 23.3 Å². The Morgan fingerprint density at radius 1 is 1.33 bits per heavy atom. The summed E-state index contributed by atoms with van der Waals surface area (Å²) in [4.78, 5) is 3.56. The van der Waals surface area contributed by atoms with Crippen molar-refractivity contribution in [1.82, 2.24) is 4.90 Å². The molecule has 130 valence electrons. The van der Waals surface area contributed by atoms with E-state index in [0.717, 1.165) is 12.1 Å². The van der Waals surface area contributed by atoms with Crippen molar-refractivity contribution in [2.75, 3.05) is 20.4 Å². The fraction of sp³-hybridized carbons (Fsp3) is 0.444. The van der Waals surface area contributed by atoms with E-state index in [1.807, 2.05) is 19.1 Å². The zero-order valence-corrected chi connectivity index (χ0v) is 15.1. The molecule has 0 radical (unpaired) electrons. The molecule has 3 rings (SSSR count). The minimum absolute atomic E-state index is 0.223. The first-order valence-electron chi connectivity index (χ1n) is 7.96. The van der Waals surface area contributed by atoms with Crippen molar-refractivity contribution in [3.63, 3.8) is 0 Å². The molecule has 1 aliphatic rings. The van der Waals surface area contributed by atoms with Crippen LogP contribution in [0.4, 0.5) is 0 Å². The van der Waals surface area contributed by atoms with Gasteiger partial charge in [-0.2, -0.15) is 0 Å². The van der Waals surface area contributed by atoms with Gasteiger partial charge in [0.15, 0.2) is 11.5 Å². The van der Waals surface area contributed by atoms with E-state index in [1.165, 1.54) is 10.4 Å². The summed E-state index contributed by atoms with van der Waals surface area (Å²) in [6.07, 6.45) is -0.388. The zero-order chi connectivity index (χ0) is 17.1. The van der Waals surface area contributed by atoms with Gasteiger partial charge < -0.3 is 19.3 Å². The second-order valence-corrected chi connectivity index (χ2v) is 7.08. The molecule has 1 aromatic carbocycles. The van der Waals surface area contributed by atoms with Crippen LogP contribution < -0.4 is 14.2 Å². The predicted octanol–water partition coefficient (Wildman–Crippen LogP) is 3.18. The maximum absolute atomic E-state index is 9.85. The quantitative estimate of drug-likeness (QED) is 0.832. The zero-order valence-electron chi connectivity index (χ0n) is 14.2. The van der Waals surface area contributed by atoms with Crippen molar-refractivity contribution in [3.05, 3.63) is 39.6 Å². The first kappa shape index (κ1) is 17.1. The van der Waals surface area contributed by atoms with Crippen LogP contribution in [-0.2, 0) is 13.1 Å². The van der Waals surface area contributed by atoms with E-state index in [9.17, 15) is 5.11 Å². The first-order valence-corrected chi connectivity index (χ1v) is 8.84. The number of thiophene rings is 1. The summed E-state index contributed by atoms with van der Waals surface area (Å²) in [6, 6.07) is 6.09. The summed E-state index contributed by atoms with van der Waals surface area (Å²) in [5, 5.41) is 12.0. The van der Waals surface area contributed by atoms with E-state index >= 15 is 0 Å². The van der Waals surface area contributed by atoms with Gasteiger partial charge in [0.1, 0.15) is 0 Å². The molecule has 2 heterocycles. The van der Waals surface area contributed by atoms with Crippen LogP contribution in [0.15, 0.2) is 23.6 Å². The monoisotopic (exact) mass is 349 g/mol. The molecule has 0 saturated carbocycles. The third kappa shape index (κ3) is 3.83. The molecular weight excluding hydrogens is 326 g/mol. The van der Waals surface area contributed by atoms with E-state index < -0.39 is 0 Å². The van der Waals surface area contributed by atoms with E-state index in [0.29, 0.717) is 30.3 Å². The van der Waals surface area contributed by atoms with Crippen LogP contribution >= 0.6 is 11.3 Å². The molecule has 1 N–H and O–H groups in total. The minimum atomic E-state index is -0.388. The molecule has 0 aliphatic carbocycles. The number of aryl methyl sites for hydroxylation is 1. The standard InChI is InChI=1S/C18H23NO4S/c1-12-4-5-24-17(12)10-19(8-13(2)20)9-14-6-15(21-3)18-16(7-14)22-11-23-18/h4-7,13,20H,8-11H2,1-3H3. The topological polar surface area (TPSA) is 51.2 Å². The average Bonchev–Trinajstić information content (AvgIpc) is 3.15. The number of aliphatic hydroxyl groups excluding tert-OH is 1. The highest BCUT2D eigenvalue weighted by Crippen LogP contribution is 2.42. The first-order chi connectivity index (χ1) is 11.6. The van der Waals surface area contributed by atoms with Gasteiger partial charge >= 0.3 is 0 Å². The lowest BCUT2D eigenvalue weighted by Gasteiger charge is -2.24. The number of hydrogen-bond donors (Lipinski definition) is 1. The average molecular weight is 349 g/mol. The van der Waals surface area contributed by atoms with Crippen LogP contribution in [0.1, 0.15) is 22.9 Å². The molecule has 0 amide bonds. The summed E-state index contributed by atoms with van der Waals surface area (Å²) in [7, 11) is 1.63. The molecule has 0 fully saturated rings. The van der Waals surface area contributed by atoms with Crippen LogP contribution in [0.3, 0.4) is 0 Å². The highest BCUT2D eigenvalue weighted by molar-refractivity contribution is 7.10. The Hall–Kier alpha value is -1.76. The Morgan fingerprint density at radius 2 is 2.17 bits per heavy atom. The Labute approximate surface area is 146 Å². The van der Waals surface area contributed by atoms with Crippen molar-refractivity contribution in [2.24, 2.45) is 0 Å². The summed E-state index contributed by atoms with van der Waals surface area (Å²) in [6.45, 7) is 6.28. The maximum atomic E-state index is 9.85. The van der Waals surface area contributed by atoms with E-state index in [1.54, 1.807) is 18.4 Å². The summed E-state index contributed by atoms with van der Waals surface area (Å²) in [5.74, 6) is 2.07. The molecule has 1 unspecified atom stereocenters. The molecule has 0 saturated heterocycles. The van der Waals surface area contributed by atoms with Crippen molar-refractivity contribution in [2.45, 2.75) is 33.0 Å². The van der Waals surface area contributed by atoms with Crippen LogP contribution in [-0.4, -0.2) is 36.6 Å². The fourth-order valence-corrected chi connectivity index (χ4v) is 3.81. The van der Waals surface area contributed by atoms with Gasteiger partial charge in [-0.3, -0.25) is 4.90 Å². The third-order valence-corrected chi connectivity index (χ3v) is 4.99. The Morgan fingerprint density at radius 3 is 2.83 bits per heavy atom. The second kappa shape index (κ2) is 7.42.